The van der Waals surface area contributed by atoms with E-state index in [1.54, 1.807) is 0 Å². The number of esters is 1. The van der Waals surface area contributed by atoms with Crippen molar-refractivity contribution in [3.05, 3.63) is 0 Å². The van der Waals surface area contributed by atoms with Gasteiger partial charge in [-0.25, -0.2) is 0 Å². The van der Waals surface area contributed by atoms with Gasteiger partial charge in [-0.05, 0) is 12.8 Å². The third-order valence-corrected chi connectivity index (χ3v) is 3.63. The summed E-state index contributed by atoms with van der Waals surface area (Å²) in [5, 5.41) is 2.54. The predicted molar refractivity (Wildman–Crippen MR) is 67.3 cm³/mol. The minimum absolute atomic E-state index is 0.139. The molecule has 0 heterocycles. The maximum absolute atomic E-state index is 12.1. The summed E-state index contributed by atoms with van der Waals surface area (Å²) in [7, 11) is 1.28. The third kappa shape index (κ3) is 3.15. The largest absolute Gasteiger partial charge is 0.468 e. The summed E-state index contributed by atoms with van der Waals surface area (Å²) in [6.07, 6.45) is 4.28. The van der Waals surface area contributed by atoms with Crippen molar-refractivity contribution < 1.29 is 14.3 Å². The van der Waals surface area contributed by atoms with Gasteiger partial charge >= 0.3 is 5.97 Å². The van der Waals surface area contributed by atoms with E-state index in [9.17, 15) is 9.59 Å². The molecular formula is C11H18N2O3S. The highest BCUT2D eigenvalue weighted by atomic mass is 32.1. The first-order valence-electron chi connectivity index (χ1n) is 5.68. The first-order valence-corrected chi connectivity index (χ1v) is 6.09. The number of nitrogens with two attached hydrogens (primary N) is 1. The van der Waals surface area contributed by atoms with Crippen LogP contribution in [0.15, 0.2) is 0 Å². The predicted octanol–water partition coefficient (Wildman–Crippen LogP) is 0.512. The zero-order chi connectivity index (χ0) is 12.9. The van der Waals surface area contributed by atoms with Crippen LogP contribution in [0.3, 0.4) is 0 Å². The first-order chi connectivity index (χ1) is 8.03. The number of rotatable bonds is 4. The van der Waals surface area contributed by atoms with E-state index in [0.717, 1.165) is 19.3 Å². The van der Waals surface area contributed by atoms with Crippen molar-refractivity contribution >= 4 is 29.1 Å². The molecule has 0 saturated heterocycles. The Hall–Kier alpha value is -1.17. The lowest BCUT2D eigenvalue weighted by molar-refractivity contribution is -0.142. The van der Waals surface area contributed by atoms with Gasteiger partial charge in [0, 0.05) is 0 Å². The second kappa shape index (κ2) is 5.95. The van der Waals surface area contributed by atoms with Crippen molar-refractivity contribution in [3.8, 4) is 0 Å². The molecule has 0 aliphatic heterocycles. The second-order valence-corrected chi connectivity index (χ2v) is 4.71. The maximum Gasteiger partial charge on any atom is 0.325 e. The Balaban J connectivity index is 2.67. The summed E-state index contributed by atoms with van der Waals surface area (Å²) in [6, 6.07) is 0. The Morgan fingerprint density at radius 2 is 1.94 bits per heavy atom. The Bertz CT molecular complexity index is 325. The lowest BCUT2D eigenvalue weighted by Crippen LogP contribution is -2.51. The van der Waals surface area contributed by atoms with Crippen LogP contribution in [0.1, 0.15) is 32.1 Å². The smallest absolute Gasteiger partial charge is 0.325 e. The Kier molecular flexibility index (Phi) is 4.86. The van der Waals surface area contributed by atoms with Crippen LogP contribution in [0, 0.1) is 5.41 Å². The molecule has 0 spiro atoms. The zero-order valence-electron chi connectivity index (χ0n) is 9.95. The number of hydrogen-bond donors (Lipinski definition) is 2. The Labute approximate surface area is 106 Å². The monoisotopic (exact) mass is 258 g/mol. The van der Waals surface area contributed by atoms with E-state index < -0.39 is 11.4 Å². The molecule has 1 saturated carbocycles. The SMILES string of the molecule is COC(=O)CNC(=O)C1(C(N)=S)CCCCC1. The molecule has 0 aromatic rings. The van der Waals surface area contributed by atoms with Gasteiger partial charge in [-0.3, -0.25) is 9.59 Å². The highest BCUT2D eigenvalue weighted by Crippen LogP contribution is 2.36. The molecule has 0 radical (unpaired) electrons. The van der Waals surface area contributed by atoms with Gasteiger partial charge in [-0.1, -0.05) is 31.5 Å². The lowest BCUT2D eigenvalue weighted by Gasteiger charge is -2.34. The molecule has 1 aliphatic carbocycles. The minimum atomic E-state index is -0.776. The zero-order valence-corrected chi connectivity index (χ0v) is 10.8. The average molecular weight is 258 g/mol. The van der Waals surface area contributed by atoms with Crippen molar-refractivity contribution in [2.24, 2.45) is 11.1 Å². The first kappa shape index (κ1) is 13.9. The van der Waals surface area contributed by atoms with E-state index in [0.29, 0.717) is 12.8 Å². The van der Waals surface area contributed by atoms with Crippen LogP contribution in [0.4, 0.5) is 0 Å². The third-order valence-electron chi connectivity index (χ3n) is 3.23. The molecular weight excluding hydrogens is 240 g/mol. The van der Waals surface area contributed by atoms with Gasteiger partial charge in [-0.15, -0.1) is 0 Å². The summed E-state index contributed by atoms with van der Waals surface area (Å²) in [5.41, 5.74) is 4.92. The molecule has 3 N–H and O–H groups in total. The van der Waals surface area contributed by atoms with Gasteiger partial charge in [0.05, 0.1) is 17.5 Å². The average Bonchev–Trinajstić information content (AvgIpc) is 2.35. The summed E-state index contributed by atoms with van der Waals surface area (Å²) < 4.78 is 4.46. The quantitative estimate of drug-likeness (QED) is 0.567. The molecule has 0 aromatic carbocycles. The second-order valence-electron chi connectivity index (χ2n) is 4.27. The van der Waals surface area contributed by atoms with Crippen LogP contribution in [0.2, 0.25) is 0 Å². The van der Waals surface area contributed by atoms with Crippen molar-refractivity contribution in [1.29, 1.82) is 0 Å². The van der Waals surface area contributed by atoms with Crippen molar-refractivity contribution in [1.82, 2.24) is 5.32 Å². The number of carbonyl (C=O) groups excluding carboxylic acids is 2. The van der Waals surface area contributed by atoms with E-state index in [1.807, 2.05) is 0 Å². The van der Waals surface area contributed by atoms with Crippen LogP contribution in [0.25, 0.3) is 0 Å². The van der Waals surface area contributed by atoms with E-state index >= 15 is 0 Å². The number of amides is 1. The molecule has 0 bridgehead atoms. The minimum Gasteiger partial charge on any atom is -0.468 e. The number of hydrogen-bond acceptors (Lipinski definition) is 4. The van der Waals surface area contributed by atoms with Gasteiger partial charge in [-0.2, -0.15) is 0 Å². The molecule has 0 atom stereocenters. The van der Waals surface area contributed by atoms with E-state index in [-0.39, 0.29) is 17.4 Å². The van der Waals surface area contributed by atoms with Crippen LogP contribution in [-0.2, 0) is 14.3 Å². The molecule has 17 heavy (non-hydrogen) atoms. The van der Waals surface area contributed by atoms with Crippen LogP contribution < -0.4 is 11.1 Å². The molecule has 5 nitrogen and oxygen atoms in total. The van der Waals surface area contributed by atoms with Crippen LogP contribution >= 0.6 is 12.2 Å². The van der Waals surface area contributed by atoms with Crippen LogP contribution in [-0.4, -0.2) is 30.5 Å². The van der Waals surface area contributed by atoms with Crippen molar-refractivity contribution in [2.75, 3.05) is 13.7 Å². The van der Waals surface area contributed by atoms with E-state index in [1.165, 1.54) is 7.11 Å². The molecule has 96 valence electrons. The number of thiocarbonyl (C=S) groups is 1. The van der Waals surface area contributed by atoms with Crippen molar-refractivity contribution in [3.63, 3.8) is 0 Å². The molecule has 1 amide bonds. The highest BCUT2D eigenvalue weighted by Gasteiger charge is 2.42. The van der Waals surface area contributed by atoms with E-state index in [4.69, 9.17) is 18.0 Å². The van der Waals surface area contributed by atoms with Crippen molar-refractivity contribution in [2.45, 2.75) is 32.1 Å². The number of methoxy groups -OCH3 is 1. The Morgan fingerprint density at radius 1 is 1.35 bits per heavy atom. The molecule has 0 aromatic heterocycles. The van der Waals surface area contributed by atoms with Gasteiger partial charge in [0.25, 0.3) is 0 Å². The summed E-state index contributed by atoms with van der Waals surface area (Å²) in [5.74, 6) is -0.734. The van der Waals surface area contributed by atoms with Gasteiger partial charge < -0.3 is 15.8 Å². The van der Waals surface area contributed by atoms with Gasteiger partial charge in [0.15, 0.2) is 0 Å². The highest BCUT2D eigenvalue weighted by molar-refractivity contribution is 7.80. The number of nitrogens with one attached hydrogen (secondary N) is 1. The maximum atomic E-state index is 12.1. The Morgan fingerprint density at radius 3 is 2.41 bits per heavy atom. The lowest BCUT2D eigenvalue weighted by atomic mass is 9.73. The number of carbonyl (C=O) groups is 2. The molecule has 6 heteroatoms. The topological polar surface area (TPSA) is 81.4 Å². The fourth-order valence-corrected chi connectivity index (χ4v) is 2.43. The fraction of sp³-hybridized carbons (Fsp3) is 0.727. The van der Waals surface area contributed by atoms with E-state index in [2.05, 4.69) is 10.1 Å². The van der Waals surface area contributed by atoms with Gasteiger partial charge in [0.1, 0.15) is 6.54 Å². The number of ether oxygens (including phenoxy) is 1. The standard InChI is InChI=1S/C11H18N2O3S/c1-16-8(14)7-13-10(15)11(9(12)17)5-3-2-4-6-11/h2-7H2,1H3,(H2,12,17)(H,13,15). The fourth-order valence-electron chi connectivity index (χ4n) is 2.13. The summed E-state index contributed by atoms with van der Waals surface area (Å²) in [6.45, 7) is -0.139. The molecule has 0 unspecified atom stereocenters. The summed E-state index contributed by atoms with van der Waals surface area (Å²) in [4.78, 5) is 23.3. The van der Waals surface area contributed by atoms with Gasteiger partial charge in [0.2, 0.25) is 5.91 Å². The molecule has 1 aliphatic rings. The normalized spacial score (nSPS) is 18.2. The van der Waals surface area contributed by atoms with Crippen LogP contribution in [0.5, 0.6) is 0 Å². The molecule has 1 rings (SSSR count). The summed E-state index contributed by atoms with van der Waals surface area (Å²) >= 11 is 5.01. The molecule has 1 fully saturated rings.